The molecule has 0 aliphatic carbocycles. The highest BCUT2D eigenvalue weighted by Gasteiger charge is 2.24. The number of carboxylic acids is 1. The van der Waals surface area contributed by atoms with E-state index in [1.54, 1.807) is 18.2 Å². The van der Waals surface area contributed by atoms with Crippen LogP contribution in [0.25, 0.3) is 0 Å². The number of rotatable bonds is 6. The van der Waals surface area contributed by atoms with Crippen molar-refractivity contribution in [1.82, 2.24) is 4.90 Å². The number of piperidine rings is 1. The lowest BCUT2D eigenvalue weighted by molar-refractivity contribution is -0.143. The summed E-state index contributed by atoms with van der Waals surface area (Å²) in [5, 5.41) is 8.97. The average Bonchev–Trinajstić information content (AvgIpc) is 2.52. The molecule has 22 heavy (non-hydrogen) atoms. The number of likely N-dealkylation sites (tertiary alicyclic amines) is 1. The molecule has 0 atom stereocenters. The van der Waals surface area contributed by atoms with Crippen molar-refractivity contribution in [2.75, 3.05) is 32.5 Å². The second-order valence-corrected chi connectivity index (χ2v) is 5.58. The highest BCUT2D eigenvalue weighted by molar-refractivity contribution is 5.97. The SMILES string of the molecule is COc1ccc(C(=O)CCN2CCC(C(=O)O)CC2)cc1N. The Morgan fingerprint density at radius 2 is 2.05 bits per heavy atom. The fraction of sp³-hybridized carbons (Fsp3) is 0.500. The van der Waals surface area contributed by atoms with Crippen molar-refractivity contribution in [2.24, 2.45) is 5.92 Å². The van der Waals surface area contributed by atoms with Crippen LogP contribution in [-0.4, -0.2) is 48.5 Å². The first kappa shape index (κ1) is 16.3. The third-order valence-corrected chi connectivity index (χ3v) is 4.14. The Morgan fingerprint density at radius 3 is 2.59 bits per heavy atom. The number of Topliss-reactive ketones (excluding diaryl/α,β-unsaturated/α-hetero) is 1. The van der Waals surface area contributed by atoms with E-state index < -0.39 is 5.97 Å². The van der Waals surface area contributed by atoms with Crippen molar-refractivity contribution in [3.8, 4) is 5.75 Å². The van der Waals surface area contributed by atoms with E-state index in [-0.39, 0.29) is 11.7 Å². The maximum absolute atomic E-state index is 12.2. The van der Waals surface area contributed by atoms with Crippen LogP contribution < -0.4 is 10.5 Å². The summed E-state index contributed by atoms with van der Waals surface area (Å²) in [5.74, 6) is -0.361. The molecule has 1 aromatic rings. The number of carbonyl (C=O) groups is 2. The highest BCUT2D eigenvalue weighted by atomic mass is 16.5. The van der Waals surface area contributed by atoms with E-state index in [4.69, 9.17) is 15.6 Å². The van der Waals surface area contributed by atoms with E-state index in [2.05, 4.69) is 4.90 Å². The highest BCUT2D eigenvalue weighted by Crippen LogP contribution is 2.23. The van der Waals surface area contributed by atoms with Crippen LogP contribution in [0.4, 0.5) is 5.69 Å². The zero-order valence-electron chi connectivity index (χ0n) is 12.7. The standard InChI is InChI=1S/C16H22N2O4/c1-22-15-3-2-12(10-13(15)17)14(19)6-9-18-7-4-11(5-8-18)16(20)21/h2-3,10-11H,4-9,17H2,1H3,(H,20,21). The largest absolute Gasteiger partial charge is 0.495 e. The lowest BCUT2D eigenvalue weighted by atomic mass is 9.97. The molecule has 0 saturated carbocycles. The molecule has 0 amide bonds. The fourth-order valence-electron chi connectivity index (χ4n) is 2.72. The summed E-state index contributed by atoms with van der Waals surface area (Å²) in [6, 6.07) is 5.05. The number of carboxylic acid groups (broad SMARTS) is 1. The number of nitrogens with zero attached hydrogens (tertiary/aromatic N) is 1. The summed E-state index contributed by atoms with van der Waals surface area (Å²) in [7, 11) is 1.54. The Bertz CT molecular complexity index is 551. The predicted molar refractivity (Wildman–Crippen MR) is 83.2 cm³/mol. The van der Waals surface area contributed by atoms with Gasteiger partial charge in [0.25, 0.3) is 0 Å². The van der Waals surface area contributed by atoms with Crippen molar-refractivity contribution in [3.63, 3.8) is 0 Å². The summed E-state index contributed by atoms with van der Waals surface area (Å²) in [6.45, 7) is 2.11. The van der Waals surface area contributed by atoms with Gasteiger partial charge in [-0.15, -0.1) is 0 Å². The molecule has 120 valence electrons. The number of ether oxygens (including phenoxy) is 1. The molecule has 1 aliphatic rings. The molecule has 0 spiro atoms. The third kappa shape index (κ3) is 3.98. The molecule has 0 radical (unpaired) electrons. The maximum atomic E-state index is 12.2. The number of aliphatic carboxylic acids is 1. The molecule has 0 aromatic heterocycles. The second kappa shape index (κ2) is 7.26. The zero-order chi connectivity index (χ0) is 16.1. The summed E-state index contributed by atoms with van der Waals surface area (Å²) in [4.78, 5) is 25.2. The molecule has 6 heteroatoms. The van der Waals surface area contributed by atoms with Gasteiger partial charge in [-0.25, -0.2) is 0 Å². The molecular weight excluding hydrogens is 284 g/mol. The van der Waals surface area contributed by atoms with Crippen LogP contribution in [0.5, 0.6) is 5.75 Å². The van der Waals surface area contributed by atoms with Gasteiger partial charge in [0.05, 0.1) is 18.7 Å². The van der Waals surface area contributed by atoms with E-state index in [1.807, 2.05) is 0 Å². The minimum Gasteiger partial charge on any atom is -0.495 e. The van der Waals surface area contributed by atoms with Gasteiger partial charge in [-0.3, -0.25) is 9.59 Å². The lowest BCUT2D eigenvalue weighted by Crippen LogP contribution is -2.37. The number of nitrogens with two attached hydrogens (primary N) is 1. The molecule has 3 N–H and O–H groups in total. The number of ketones is 1. The molecule has 0 bridgehead atoms. The lowest BCUT2D eigenvalue weighted by Gasteiger charge is -2.29. The van der Waals surface area contributed by atoms with Crippen LogP contribution >= 0.6 is 0 Å². The molecule has 2 rings (SSSR count). The number of carbonyl (C=O) groups excluding carboxylic acids is 1. The smallest absolute Gasteiger partial charge is 0.306 e. The van der Waals surface area contributed by atoms with Crippen LogP contribution in [0, 0.1) is 5.92 Å². The van der Waals surface area contributed by atoms with E-state index in [1.165, 1.54) is 7.11 Å². The van der Waals surface area contributed by atoms with Gasteiger partial charge in [-0.05, 0) is 44.1 Å². The monoisotopic (exact) mass is 306 g/mol. The molecular formula is C16H22N2O4. The first-order valence-electron chi connectivity index (χ1n) is 7.43. The van der Waals surface area contributed by atoms with Crippen molar-refractivity contribution in [3.05, 3.63) is 23.8 Å². The Balaban J connectivity index is 1.83. The van der Waals surface area contributed by atoms with Crippen molar-refractivity contribution < 1.29 is 19.4 Å². The first-order valence-corrected chi connectivity index (χ1v) is 7.43. The molecule has 1 heterocycles. The molecule has 0 unspecified atom stereocenters. The summed E-state index contributed by atoms with van der Waals surface area (Å²) >= 11 is 0. The Morgan fingerprint density at radius 1 is 1.36 bits per heavy atom. The number of anilines is 1. The zero-order valence-corrected chi connectivity index (χ0v) is 12.7. The summed E-state index contributed by atoms with van der Waals surface area (Å²) < 4.78 is 5.07. The van der Waals surface area contributed by atoms with E-state index in [0.717, 1.165) is 13.1 Å². The first-order chi connectivity index (χ1) is 10.5. The van der Waals surface area contributed by atoms with Gasteiger partial charge in [0.2, 0.25) is 0 Å². The minimum absolute atomic E-state index is 0.0368. The topological polar surface area (TPSA) is 92.9 Å². The molecule has 1 saturated heterocycles. The molecule has 1 aromatic carbocycles. The molecule has 1 fully saturated rings. The van der Waals surface area contributed by atoms with Crippen molar-refractivity contribution >= 4 is 17.4 Å². The third-order valence-electron chi connectivity index (χ3n) is 4.14. The summed E-state index contributed by atoms with van der Waals surface area (Å²) in [6.07, 6.45) is 1.71. The average molecular weight is 306 g/mol. The Labute approximate surface area is 129 Å². The van der Waals surface area contributed by atoms with Crippen LogP contribution in [0.3, 0.4) is 0 Å². The van der Waals surface area contributed by atoms with Gasteiger partial charge >= 0.3 is 5.97 Å². The fourth-order valence-corrected chi connectivity index (χ4v) is 2.72. The Kier molecular flexibility index (Phi) is 5.38. The molecule has 6 nitrogen and oxygen atoms in total. The maximum Gasteiger partial charge on any atom is 0.306 e. The van der Waals surface area contributed by atoms with Crippen LogP contribution in [0.1, 0.15) is 29.6 Å². The van der Waals surface area contributed by atoms with Crippen LogP contribution in [0.2, 0.25) is 0 Å². The normalized spacial score (nSPS) is 16.4. The van der Waals surface area contributed by atoms with Gasteiger partial charge < -0.3 is 20.5 Å². The number of hydrogen-bond donors (Lipinski definition) is 2. The second-order valence-electron chi connectivity index (χ2n) is 5.58. The van der Waals surface area contributed by atoms with Crippen molar-refractivity contribution in [1.29, 1.82) is 0 Å². The van der Waals surface area contributed by atoms with Crippen LogP contribution in [0.15, 0.2) is 18.2 Å². The quantitative estimate of drug-likeness (QED) is 0.613. The Hall–Kier alpha value is -2.08. The number of methoxy groups -OCH3 is 1. The summed E-state index contributed by atoms with van der Waals surface area (Å²) in [5.41, 5.74) is 6.85. The molecule has 1 aliphatic heterocycles. The van der Waals surface area contributed by atoms with E-state index in [9.17, 15) is 9.59 Å². The van der Waals surface area contributed by atoms with Crippen molar-refractivity contribution in [2.45, 2.75) is 19.3 Å². The van der Waals surface area contributed by atoms with Crippen LogP contribution in [-0.2, 0) is 4.79 Å². The number of benzene rings is 1. The van der Waals surface area contributed by atoms with Gasteiger partial charge in [0.15, 0.2) is 5.78 Å². The van der Waals surface area contributed by atoms with Gasteiger partial charge in [0, 0.05) is 18.5 Å². The van der Waals surface area contributed by atoms with Gasteiger partial charge in [-0.2, -0.15) is 0 Å². The number of nitrogen functional groups attached to an aromatic ring is 1. The predicted octanol–water partition coefficient (Wildman–Crippen LogP) is 1.65. The van der Waals surface area contributed by atoms with E-state index >= 15 is 0 Å². The number of hydrogen-bond acceptors (Lipinski definition) is 5. The van der Waals surface area contributed by atoms with Gasteiger partial charge in [0.1, 0.15) is 5.75 Å². The van der Waals surface area contributed by atoms with Gasteiger partial charge in [-0.1, -0.05) is 0 Å². The minimum atomic E-state index is -0.718. The van der Waals surface area contributed by atoms with E-state index in [0.29, 0.717) is 42.8 Å².